The van der Waals surface area contributed by atoms with Crippen LogP contribution in [-0.2, 0) is 11.3 Å². The van der Waals surface area contributed by atoms with Gasteiger partial charge in [-0.1, -0.05) is 25.3 Å². The molecule has 1 N–H and O–H groups in total. The summed E-state index contributed by atoms with van der Waals surface area (Å²) in [6.45, 7) is 1.99. The van der Waals surface area contributed by atoms with Crippen molar-refractivity contribution in [1.29, 1.82) is 0 Å². The lowest BCUT2D eigenvalue weighted by atomic mass is 9.81. The van der Waals surface area contributed by atoms with E-state index >= 15 is 0 Å². The molecule has 1 aromatic heterocycles. The van der Waals surface area contributed by atoms with E-state index in [1.807, 2.05) is 6.07 Å². The lowest BCUT2D eigenvalue weighted by molar-refractivity contribution is 0.0601. The molecule has 1 saturated heterocycles. The number of nitrogens with one attached hydrogen (secondary N) is 1. The fourth-order valence-corrected chi connectivity index (χ4v) is 6.60. The third-order valence-corrected chi connectivity index (χ3v) is 8.16. The van der Waals surface area contributed by atoms with Gasteiger partial charge in [0, 0.05) is 29.1 Å². The summed E-state index contributed by atoms with van der Waals surface area (Å²) in [6, 6.07) is 13.1. The normalized spacial score (nSPS) is 22.4. The van der Waals surface area contributed by atoms with Crippen LogP contribution in [0.4, 0.5) is 0 Å². The fourth-order valence-electron chi connectivity index (χ4n) is 6.60. The lowest BCUT2D eigenvalue weighted by Crippen LogP contribution is -2.19. The Kier molecular flexibility index (Phi) is 5.17. The molecule has 0 amide bonds. The number of rotatable bonds is 3. The van der Waals surface area contributed by atoms with E-state index < -0.39 is 0 Å². The second kappa shape index (κ2) is 8.21. The Morgan fingerprint density at radius 1 is 1.03 bits per heavy atom. The van der Waals surface area contributed by atoms with Crippen LogP contribution in [0, 0.1) is 5.92 Å². The van der Waals surface area contributed by atoms with Crippen LogP contribution in [0.2, 0.25) is 0 Å². The molecule has 1 aliphatic carbocycles. The van der Waals surface area contributed by atoms with Crippen LogP contribution in [0.3, 0.4) is 0 Å². The van der Waals surface area contributed by atoms with Gasteiger partial charge in [0.15, 0.2) is 0 Å². The molecular formula is C28H32N2O3. The maximum atomic E-state index is 12.4. The summed E-state index contributed by atoms with van der Waals surface area (Å²) in [7, 11) is 3.20. The second-order valence-electron chi connectivity index (χ2n) is 9.87. The molecule has 2 fully saturated rings. The van der Waals surface area contributed by atoms with E-state index in [4.69, 9.17) is 9.47 Å². The smallest absolute Gasteiger partial charge is 0.337 e. The number of esters is 1. The van der Waals surface area contributed by atoms with E-state index in [0.717, 1.165) is 25.3 Å². The Morgan fingerprint density at radius 2 is 1.88 bits per heavy atom. The van der Waals surface area contributed by atoms with Crippen molar-refractivity contribution in [1.82, 2.24) is 9.88 Å². The summed E-state index contributed by atoms with van der Waals surface area (Å²) < 4.78 is 13.2. The van der Waals surface area contributed by atoms with E-state index in [0.29, 0.717) is 23.4 Å². The molecule has 5 nitrogen and oxygen atoms in total. The SMILES string of the molecule is COC(=O)c1ccc2c(C3CCCCC3)c3n(c2c1)C[C@@H]1CCN[C@H]1c1cc(OC)ccc1-3. The fraction of sp³-hybridized carbons (Fsp3) is 0.464. The van der Waals surface area contributed by atoms with Crippen molar-refractivity contribution in [2.75, 3.05) is 20.8 Å². The van der Waals surface area contributed by atoms with Crippen LogP contribution in [0.1, 0.15) is 72.0 Å². The first-order valence-electron chi connectivity index (χ1n) is 12.4. The molecule has 3 aromatic rings. The number of nitrogens with zero attached hydrogens (tertiary/aromatic N) is 1. The average molecular weight is 445 g/mol. The van der Waals surface area contributed by atoms with Crippen LogP contribution in [-0.4, -0.2) is 31.3 Å². The average Bonchev–Trinajstić information content (AvgIpc) is 3.43. The Hall–Kier alpha value is -2.79. The number of carbonyl (C=O) groups excluding carboxylic acids is 1. The molecule has 2 aromatic carbocycles. The molecule has 3 heterocycles. The number of benzene rings is 2. The van der Waals surface area contributed by atoms with Crippen LogP contribution in [0.5, 0.6) is 5.75 Å². The first-order chi connectivity index (χ1) is 16.2. The molecule has 1 saturated carbocycles. The highest BCUT2D eigenvalue weighted by Gasteiger charge is 2.37. The summed E-state index contributed by atoms with van der Waals surface area (Å²) in [5.41, 5.74) is 7.29. The predicted octanol–water partition coefficient (Wildman–Crippen LogP) is 5.82. The topological polar surface area (TPSA) is 52.5 Å². The van der Waals surface area contributed by atoms with Crippen molar-refractivity contribution in [2.24, 2.45) is 5.92 Å². The molecule has 2 atom stereocenters. The van der Waals surface area contributed by atoms with Gasteiger partial charge < -0.3 is 19.4 Å². The van der Waals surface area contributed by atoms with Gasteiger partial charge in [-0.25, -0.2) is 4.79 Å². The highest BCUT2D eigenvalue weighted by Crippen LogP contribution is 2.50. The minimum absolute atomic E-state index is 0.272. The monoisotopic (exact) mass is 444 g/mol. The third-order valence-electron chi connectivity index (χ3n) is 8.16. The Bertz CT molecular complexity index is 1220. The number of carbonyl (C=O) groups is 1. The van der Waals surface area contributed by atoms with Gasteiger partial charge in [0.05, 0.1) is 25.5 Å². The minimum atomic E-state index is -0.272. The standard InChI is InChI=1S/C28H32N2O3/c1-32-20-9-11-21-23(15-20)26-19(12-13-29-26)16-30-24-14-18(28(31)33-2)8-10-22(24)25(27(21)30)17-6-4-3-5-7-17/h8-11,14-15,17,19,26,29H,3-7,12-13,16H2,1-2H3/t19-,26+/m0/s1. The van der Waals surface area contributed by atoms with Gasteiger partial charge in [0.25, 0.3) is 0 Å². The van der Waals surface area contributed by atoms with Crippen molar-refractivity contribution in [3.8, 4) is 17.0 Å². The first-order valence-corrected chi connectivity index (χ1v) is 12.4. The maximum Gasteiger partial charge on any atom is 0.337 e. The number of aromatic nitrogens is 1. The van der Waals surface area contributed by atoms with E-state index in [1.165, 1.54) is 72.5 Å². The van der Waals surface area contributed by atoms with Gasteiger partial charge in [-0.05, 0) is 79.1 Å². The van der Waals surface area contributed by atoms with Gasteiger partial charge >= 0.3 is 5.97 Å². The zero-order chi connectivity index (χ0) is 22.5. The highest BCUT2D eigenvalue weighted by molar-refractivity contribution is 5.99. The van der Waals surface area contributed by atoms with Gasteiger partial charge in [-0.2, -0.15) is 0 Å². The van der Waals surface area contributed by atoms with Crippen LogP contribution >= 0.6 is 0 Å². The predicted molar refractivity (Wildman–Crippen MR) is 130 cm³/mol. The quantitative estimate of drug-likeness (QED) is 0.518. The van der Waals surface area contributed by atoms with Gasteiger partial charge in [-0.3, -0.25) is 0 Å². The summed E-state index contributed by atoms with van der Waals surface area (Å²) in [6.07, 6.45) is 7.54. The minimum Gasteiger partial charge on any atom is -0.497 e. The van der Waals surface area contributed by atoms with Crippen molar-refractivity contribution in [3.05, 3.63) is 53.1 Å². The zero-order valence-electron chi connectivity index (χ0n) is 19.5. The largest absolute Gasteiger partial charge is 0.497 e. The van der Waals surface area contributed by atoms with Crippen molar-refractivity contribution < 1.29 is 14.3 Å². The maximum absolute atomic E-state index is 12.4. The number of methoxy groups -OCH3 is 2. The Morgan fingerprint density at radius 3 is 2.67 bits per heavy atom. The molecule has 172 valence electrons. The van der Waals surface area contributed by atoms with Gasteiger partial charge in [0.2, 0.25) is 0 Å². The zero-order valence-corrected chi connectivity index (χ0v) is 19.5. The molecule has 0 bridgehead atoms. The summed E-state index contributed by atoms with van der Waals surface area (Å²) in [4.78, 5) is 12.4. The van der Waals surface area contributed by atoms with Gasteiger partial charge in [0.1, 0.15) is 5.75 Å². The Balaban J connectivity index is 1.66. The van der Waals surface area contributed by atoms with Crippen LogP contribution in [0.15, 0.2) is 36.4 Å². The van der Waals surface area contributed by atoms with Crippen molar-refractivity contribution >= 4 is 16.9 Å². The molecule has 2 aliphatic heterocycles. The third kappa shape index (κ3) is 3.28. The molecule has 0 spiro atoms. The number of fused-ring (bicyclic) bond motifs is 7. The molecule has 3 aliphatic rings. The van der Waals surface area contributed by atoms with E-state index in [-0.39, 0.29) is 5.97 Å². The second-order valence-corrected chi connectivity index (χ2v) is 9.87. The molecule has 6 rings (SSSR count). The van der Waals surface area contributed by atoms with E-state index in [1.54, 1.807) is 7.11 Å². The first kappa shape index (κ1) is 20.8. The number of hydrogen-bond acceptors (Lipinski definition) is 4. The van der Waals surface area contributed by atoms with Crippen LogP contribution in [0.25, 0.3) is 22.2 Å². The Labute approximate surface area is 195 Å². The molecular weight excluding hydrogens is 412 g/mol. The number of hydrogen-bond donors (Lipinski definition) is 1. The summed E-state index contributed by atoms with van der Waals surface area (Å²) >= 11 is 0. The summed E-state index contributed by atoms with van der Waals surface area (Å²) in [5, 5.41) is 5.08. The summed E-state index contributed by atoms with van der Waals surface area (Å²) in [5.74, 6) is 1.71. The van der Waals surface area contributed by atoms with Crippen LogP contribution < -0.4 is 10.1 Å². The highest BCUT2D eigenvalue weighted by atomic mass is 16.5. The van der Waals surface area contributed by atoms with E-state index in [2.05, 4.69) is 40.2 Å². The number of ether oxygens (including phenoxy) is 2. The molecule has 33 heavy (non-hydrogen) atoms. The lowest BCUT2D eigenvalue weighted by Gasteiger charge is -2.24. The van der Waals surface area contributed by atoms with Gasteiger partial charge in [-0.15, -0.1) is 0 Å². The van der Waals surface area contributed by atoms with E-state index in [9.17, 15) is 4.79 Å². The molecule has 0 radical (unpaired) electrons. The van der Waals surface area contributed by atoms with Crippen molar-refractivity contribution in [2.45, 2.75) is 57.0 Å². The molecule has 5 heteroatoms. The van der Waals surface area contributed by atoms with Crippen molar-refractivity contribution in [3.63, 3.8) is 0 Å². The molecule has 0 unspecified atom stereocenters.